The first-order valence-corrected chi connectivity index (χ1v) is 5.68. The molecule has 1 aliphatic heterocycles. The maximum absolute atomic E-state index is 8.94. The molecule has 1 heterocycles. The summed E-state index contributed by atoms with van der Waals surface area (Å²) in [5.74, 6) is 1.44. The van der Waals surface area contributed by atoms with Crippen LogP contribution in [0.15, 0.2) is 29.4 Å². The van der Waals surface area contributed by atoms with Crippen LogP contribution in [0.25, 0.3) is 0 Å². The summed E-state index contributed by atoms with van der Waals surface area (Å²) >= 11 is 0. The fourth-order valence-corrected chi connectivity index (χ4v) is 3.00. The monoisotopic (exact) mass is 217 g/mol. The van der Waals surface area contributed by atoms with E-state index in [1.165, 1.54) is 5.56 Å². The molecule has 2 unspecified atom stereocenters. The summed E-state index contributed by atoms with van der Waals surface area (Å²) < 4.78 is 6.03. The molecule has 2 atom stereocenters. The summed E-state index contributed by atoms with van der Waals surface area (Å²) in [5, 5.41) is 12.3. The van der Waals surface area contributed by atoms with Crippen LogP contribution in [0.5, 0.6) is 5.75 Å². The normalized spacial score (nSPS) is 34.3. The van der Waals surface area contributed by atoms with Crippen molar-refractivity contribution in [3.8, 4) is 5.75 Å². The molecule has 3 rings (SSSR count). The minimum atomic E-state index is -0.196. The molecular formula is C13H15NO2. The summed E-state index contributed by atoms with van der Waals surface area (Å²) in [6.45, 7) is 2.10. The Kier molecular flexibility index (Phi) is 1.96. The molecule has 84 valence electrons. The van der Waals surface area contributed by atoms with Crippen molar-refractivity contribution in [2.45, 2.75) is 37.7 Å². The second-order valence-corrected chi connectivity index (χ2v) is 5.04. The number of nitrogens with zero attached hydrogens (tertiary/aromatic N) is 1. The fraction of sp³-hybridized carbons (Fsp3) is 0.462. The van der Waals surface area contributed by atoms with Gasteiger partial charge in [-0.1, -0.05) is 23.4 Å². The van der Waals surface area contributed by atoms with E-state index in [1.807, 2.05) is 18.2 Å². The van der Waals surface area contributed by atoms with Gasteiger partial charge in [0.1, 0.15) is 11.4 Å². The van der Waals surface area contributed by atoms with Crippen LogP contribution >= 0.6 is 0 Å². The Balaban J connectivity index is 2.07. The molecule has 1 N–H and O–H groups in total. The lowest BCUT2D eigenvalue weighted by Crippen LogP contribution is -2.44. The third-order valence-corrected chi connectivity index (χ3v) is 3.59. The lowest BCUT2D eigenvalue weighted by molar-refractivity contribution is 0.0506. The standard InChI is InChI=1S/C13H15NO2/c1-13-7-9(6-10(8-13)14-15)11-4-2-3-5-12(11)16-13/h2-5,9,15H,6-8H2,1H3. The van der Waals surface area contributed by atoms with E-state index in [0.29, 0.717) is 5.92 Å². The van der Waals surface area contributed by atoms with Gasteiger partial charge in [-0.3, -0.25) is 0 Å². The summed E-state index contributed by atoms with van der Waals surface area (Å²) in [6.07, 6.45) is 2.60. The maximum atomic E-state index is 8.94. The third kappa shape index (κ3) is 1.39. The Labute approximate surface area is 94.7 Å². The van der Waals surface area contributed by atoms with Crippen LogP contribution in [0.4, 0.5) is 0 Å². The molecule has 2 aliphatic rings. The quantitative estimate of drug-likeness (QED) is 0.536. The van der Waals surface area contributed by atoms with Gasteiger partial charge in [0, 0.05) is 6.42 Å². The van der Waals surface area contributed by atoms with Crippen LogP contribution in [-0.4, -0.2) is 16.5 Å². The number of ether oxygens (including phenoxy) is 1. The van der Waals surface area contributed by atoms with Gasteiger partial charge in [0.25, 0.3) is 0 Å². The lowest BCUT2D eigenvalue weighted by atomic mass is 9.73. The number of benzene rings is 1. The zero-order chi connectivity index (χ0) is 11.2. The summed E-state index contributed by atoms with van der Waals surface area (Å²) in [5.41, 5.74) is 1.91. The lowest BCUT2D eigenvalue weighted by Gasteiger charge is -2.44. The molecule has 0 spiro atoms. The molecule has 3 nitrogen and oxygen atoms in total. The average Bonchev–Trinajstić information content (AvgIpc) is 2.27. The predicted octanol–water partition coefficient (Wildman–Crippen LogP) is 2.94. The second kappa shape index (κ2) is 3.24. The molecule has 0 aromatic heterocycles. The highest BCUT2D eigenvalue weighted by Gasteiger charge is 2.42. The summed E-state index contributed by atoms with van der Waals surface area (Å²) in [7, 11) is 0. The fourth-order valence-electron chi connectivity index (χ4n) is 3.00. The first kappa shape index (κ1) is 9.70. The van der Waals surface area contributed by atoms with Gasteiger partial charge in [-0.05, 0) is 37.3 Å². The van der Waals surface area contributed by atoms with Crippen LogP contribution in [0, 0.1) is 0 Å². The maximum Gasteiger partial charge on any atom is 0.123 e. The van der Waals surface area contributed by atoms with E-state index >= 15 is 0 Å². The van der Waals surface area contributed by atoms with Crippen LogP contribution < -0.4 is 4.74 Å². The molecule has 3 heteroatoms. The third-order valence-electron chi connectivity index (χ3n) is 3.59. The van der Waals surface area contributed by atoms with Crippen LogP contribution in [0.2, 0.25) is 0 Å². The Morgan fingerprint density at radius 1 is 1.44 bits per heavy atom. The minimum absolute atomic E-state index is 0.196. The average molecular weight is 217 g/mol. The van der Waals surface area contributed by atoms with E-state index < -0.39 is 0 Å². The van der Waals surface area contributed by atoms with Crippen LogP contribution in [0.1, 0.15) is 37.7 Å². The van der Waals surface area contributed by atoms with Crippen molar-refractivity contribution in [2.24, 2.45) is 5.16 Å². The van der Waals surface area contributed by atoms with E-state index in [1.54, 1.807) is 0 Å². The zero-order valence-electron chi connectivity index (χ0n) is 9.31. The van der Waals surface area contributed by atoms with Crippen molar-refractivity contribution in [2.75, 3.05) is 0 Å². The van der Waals surface area contributed by atoms with Crippen molar-refractivity contribution in [3.63, 3.8) is 0 Å². The molecule has 1 fully saturated rings. The molecule has 0 amide bonds. The van der Waals surface area contributed by atoms with Crippen molar-refractivity contribution in [1.82, 2.24) is 0 Å². The summed E-state index contributed by atoms with van der Waals surface area (Å²) in [4.78, 5) is 0. The molecule has 1 aliphatic carbocycles. The highest BCUT2D eigenvalue weighted by atomic mass is 16.5. The minimum Gasteiger partial charge on any atom is -0.487 e. The van der Waals surface area contributed by atoms with Gasteiger partial charge in [-0.15, -0.1) is 0 Å². The van der Waals surface area contributed by atoms with Crippen molar-refractivity contribution >= 4 is 5.71 Å². The molecule has 1 aromatic rings. The Hall–Kier alpha value is -1.51. The highest BCUT2D eigenvalue weighted by Crippen LogP contribution is 2.47. The van der Waals surface area contributed by atoms with Crippen LogP contribution in [-0.2, 0) is 0 Å². The van der Waals surface area contributed by atoms with Gasteiger partial charge in [-0.25, -0.2) is 0 Å². The van der Waals surface area contributed by atoms with Gasteiger partial charge in [0.15, 0.2) is 0 Å². The predicted molar refractivity (Wildman–Crippen MR) is 61.3 cm³/mol. The van der Waals surface area contributed by atoms with Gasteiger partial charge in [0.2, 0.25) is 0 Å². The Morgan fingerprint density at radius 3 is 3.06 bits per heavy atom. The van der Waals surface area contributed by atoms with E-state index in [4.69, 9.17) is 9.94 Å². The Bertz CT molecular complexity index is 455. The molecule has 1 saturated carbocycles. The number of fused-ring (bicyclic) bond motifs is 4. The SMILES string of the molecule is CC12CC(=NO)CC(C1)c1ccccc1O2. The van der Waals surface area contributed by atoms with Gasteiger partial charge < -0.3 is 9.94 Å². The van der Waals surface area contributed by atoms with E-state index in [9.17, 15) is 0 Å². The smallest absolute Gasteiger partial charge is 0.123 e. The largest absolute Gasteiger partial charge is 0.487 e. The number of hydrogen-bond acceptors (Lipinski definition) is 3. The van der Waals surface area contributed by atoms with Gasteiger partial charge >= 0.3 is 0 Å². The topological polar surface area (TPSA) is 41.8 Å². The Morgan fingerprint density at radius 2 is 2.25 bits per heavy atom. The van der Waals surface area contributed by atoms with E-state index in [0.717, 1.165) is 30.7 Å². The zero-order valence-corrected chi connectivity index (χ0v) is 9.31. The van der Waals surface area contributed by atoms with Crippen molar-refractivity contribution in [1.29, 1.82) is 0 Å². The molecule has 1 aromatic carbocycles. The molecule has 0 saturated heterocycles. The highest BCUT2D eigenvalue weighted by molar-refractivity contribution is 5.87. The number of oxime groups is 1. The van der Waals surface area contributed by atoms with Crippen LogP contribution in [0.3, 0.4) is 0 Å². The number of hydrogen-bond donors (Lipinski definition) is 1. The van der Waals surface area contributed by atoms with Gasteiger partial charge in [0.05, 0.1) is 5.71 Å². The molecule has 16 heavy (non-hydrogen) atoms. The molecule has 0 radical (unpaired) electrons. The van der Waals surface area contributed by atoms with E-state index in [2.05, 4.69) is 18.1 Å². The van der Waals surface area contributed by atoms with Gasteiger partial charge in [-0.2, -0.15) is 0 Å². The molecular weight excluding hydrogens is 202 g/mol. The second-order valence-electron chi connectivity index (χ2n) is 5.04. The van der Waals surface area contributed by atoms with Crippen molar-refractivity contribution in [3.05, 3.63) is 29.8 Å². The number of para-hydroxylation sites is 1. The first-order valence-electron chi connectivity index (χ1n) is 5.68. The molecule has 2 bridgehead atoms. The first-order chi connectivity index (χ1) is 7.70. The van der Waals surface area contributed by atoms with Crippen molar-refractivity contribution < 1.29 is 9.94 Å². The number of rotatable bonds is 0. The summed E-state index contributed by atoms with van der Waals surface area (Å²) in [6, 6.07) is 8.18. The van der Waals surface area contributed by atoms with E-state index in [-0.39, 0.29) is 5.60 Å².